The maximum Gasteiger partial charge on any atom is 0.278 e. The van der Waals surface area contributed by atoms with Gasteiger partial charge in [-0.15, -0.1) is 0 Å². The minimum absolute atomic E-state index is 0.0133. The second-order valence-electron chi connectivity index (χ2n) is 11.2. The third-order valence-electron chi connectivity index (χ3n) is 9.00. The highest BCUT2D eigenvalue weighted by Crippen LogP contribution is 2.60. The molecule has 40 heavy (non-hydrogen) atoms. The zero-order chi connectivity index (χ0) is 28.1. The highest BCUT2D eigenvalue weighted by atomic mass is 19.3. The average molecular weight is 544 g/mol. The average Bonchev–Trinajstić information content (AvgIpc) is 3.33. The second kappa shape index (κ2) is 9.66. The van der Waals surface area contributed by atoms with Gasteiger partial charge in [-0.1, -0.05) is 60.7 Å². The van der Waals surface area contributed by atoms with Crippen molar-refractivity contribution in [1.82, 2.24) is 14.8 Å². The number of halogens is 3. The lowest BCUT2D eigenvalue weighted by atomic mass is 9.63. The Labute approximate surface area is 232 Å². The molecule has 4 aromatic rings. The SMILES string of the molecule is CN(C)C1(c2cccc(F)c2)CCC2(c3[nH]c4ccccc4c3CCN2C(=O)/C=C/c2ccccc2)C(F)(F)C1. The van der Waals surface area contributed by atoms with Crippen molar-refractivity contribution in [2.24, 2.45) is 0 Å². The fourth-order valence-electron chi connectivity index (χ4n) is 6.96. The molecular weight excluding hydrogens is 511 g/mol. The van der Waals surface area contributed by atoms with E-state index in [0.29, 0.717) is 24.1 Å². The molecule has 1 fully saturated rings. The predicted octanol–water partition coefficient (Wildman–Crippen LogP) is 6.88. The molecule has 0 saturated heterocycles. The van der Waals surface area contributed by atoms with Gasteiger partial charge in [0.15, 0.2) is 0 Å². The van der Waals surface area contributed by atoms with Gasteiger partial charge in [0.05, 0.1) is 11.2 Å². The number of carbonyl (C=O) groups excluding carboxylic acids is 1. The molecule has 1 amide bonds. The van der Waals surface area contributed by atoms with Crippen LogP contribution in [0.25, 0.3) is 17.0 Å². The van der Waals surface area contributed by atoms with E-state index >= 15 is 8.78 Å². The van der Waals surface area contributed by atoms with E-state index in [2.05, 4.69) is 4.98 Å². The first kappa shape index (κ1) is 26.4. The Morgan fingerprint density at radius 3 is 2.45 bits per heavy atom. The minimum atomic E-state index is -3.34. The molecule has 1 spiro atoms. The van der Waals surface area contributed by atoms with Crippen LogP contribution in [-0.4, -0.2) is 47.3 Å². The molecule has 1 saturated carbocycles. The number of alkyl halides is 2. The molecule has 1 aromatic heterocycles. The number of benzene rings is 3. The summed E-state index contributed by atoms with van der Waals surface area (Å²) in [6.45, 7) is 0.178. The van der Waals surface area contributed by atoms with Crippen molar-refractivity contribution in [3.05, 3.63) is 113 Å². The Kier molecular flexibility index (Phi) is 6.37. The number of nitrogens with zero attached hydrogens (tertiary/aromatic N) is 2. The Morgan fingerprint density at radius 2 is 1.73 bits per heavy atom. The fourth-order valence-corrected chi connectivity index (χ4v) is 6.96. The van der Waals surface area contributed by atoms with E-state index in [-0.39, 0.29) is 13.0 Å². The number of H-pyrrole nitrogens is 1. The number of hydrogen-bond acceptors (Lipinski definition) is 2. The van der Waals surface area contributed by atoms with Crippen molar-refractivity contribution in [2.75, 3.05) is 20.6 Å². The number of aromatic nitrogens is 1. The Bertz CT molecular complexity index is 1600. The summed E-state index contributed by atoms with van der Waals surface area (Å²) in [7, 11) is 3.53. The van der Waals surface area contributed by atoms with Gasteiger partial charge in [-0.2, -0.15) is 0 Å². The van der Waals surface area contributed by atoms with Crippen LogP contribution in [-0.2, 0) is 22.3 Å². The van der Waals surface area contributed by atoms with Gasteiger partial charge in [0.2, 0.25) is 5.91 Å². The zero-order valence-corrected chi connectivity index (χ0v) is 22.6. The third kappa shape index (κ3) is 3.98. The topological polar surface area (TPSA) is 39.3 Å². The van der Waals surface area contributed by atoms with Crippen LogP contribution in [0.4, 0.5) is 13.2 Å². The maximum atomic E-state index is 17.2. The molecule has 1 aliphatic carbocycles. The molecule has 0 radical (unpaired) electrons. The molecule has 2 aliphatic rings. The van der Waals surface area contributed by atoms with Crippen LogP contribution in [0.1, 0.15) is 41.6 Å². The number of carbonyl (C=O) groups is 1. The molecule has 2 atom stereocenters. The summed E-state index contributed by atoms with van der Waals surface area (Å²) in [5, 5.41) is 0.911. The maximum absolute atomic E-state index is 17.2. The quantitative estimate of drug-likeness (QED) is 0.285. The number of aromatic amines is 1. The molecule has 4 nitrogen and oxygen atoms in total. The van der Waals surface area contributed by atoms with E-state index in [9.17, 15) is 9.18 Å². The lowest BCUT2D eigenvalue weighted by molar-refractivity contribution is -0.211. The van der Waals surface area contributed by atoms with Crippen LogP contribution < -0.4 is 0 Å². The van der Waals surface area contributed by atoms with E-state index in [1.54, 1.807) is 37.2 Å². The first-order chi connectivity index (χ1) is 19.2. The van der Waals surface area contributed by atoms with Crippen molar-refractivity contribution in [3.8, 4) is 0 Å². The zero-order valence-electron chi connectivity index (χ0n) is 22.6. The molecule has 1 aliphatic heterocycles. The van der Waals surface area contributed by atoms with Gasteiger partial charge in [-0.05, 0) is 74.3 Å². The van der Waals surface area contributed by atoms with Crippen LogP contribution in [0.15, 0.2) is 84.9 Å². The summed E-state index contributed by atoms with van der Waals surface area (Å²) >= 11 is 0. The molecule has 2 heterocycles. The van der Waals surface area contributed by atoms with Gasteiger partial charge in [0, 0.05) is 29.9 Å². The number of rotatable bonds is 4. The van der Waals surface area contributed by atoms with Gasteiger partial charge in [0.25, 0.3) is 5.92 Å². The molecule has 3 aromatic carbocycles. The van der Waals surface area contributed by atoms with Crippen LogP contribution in [0.3, 0.4) is 0 Å². The summed E-state index contributed by atoms with van der Waals surface area (Å²) in [5.41, 5.74) is 0.404. The van der Waals surface area contributed by atoms with Gasteiger partial charge in [-0.3, -0.25) is 9.69 Å². The number of fused-ring (bicyclic) bond motifs is 4. The Balaban J connectivity index is 1.50. The first-order valence-corrected chi connectivity index (χ1v) is 13.6. The third-order valence-corrected chi connectivity index (χ3v) is 9.00. The standard InChI is InChI=1S/C33H32F3N3O/c1-38(2)31(24-11-8-12-25(34)21-24)18-19-32(33(35,36)22-31)30-27(26-13-6-7-14-28(26)37-30)17-20-39(32)29(40)16-15-23-9-4-3-5-10-23/h3-16,21,37H,17-20,22H2,1-2H3/b16-15+. The molecule has 0 bridgehead atoms. The van der Waals surface area contributed by atoms with Crippen LogP contribution in [0, 0.1) is 5.82 Å². The lowest BCUT2D eigenvalue weighted by Gasteiger charge is -2.58. The van der Waals surface area contributed by atoms with E-state index in [0.717, 1.165) is 22.0 Å². The van der Waals surface area contributed by atoms with Crippen molar-refractivity contribution < 1.29 is 18.0 Å². The number of para-hydroxylation sites is 1. The molecule has 1 N–H and O–H groups in total. The summed E-state index contributed by atoms with van der Waals surface area (Å²) in [4.78, 5) is 20.3. The summed E-state index contributed by atoms with van der Waals surface area (Å²) in [6, 6.07) is 22.9. The molecule has 7 heteroatoms. The van der Waals surface area contributed by atoms with Crippen molar-refractivity contribution >= 4 is 22.9 Å². The van der Waals surface area contributed by atoms with E-state index < -0.39 is 35.1 Å². The lowest BCUT2D eigenvalue weighted by Crippen LogP contribution is -2.67. The van der Waals surface area contributed by atoms with Crippen molar-refractivity contribution in [2.45, 2.75) is 42.7 Å². The Hall–Kier alpha value is -3.84. The van der Waals surface area contributed by atoms with E-state index in [1.807, 2.05) is 54.6 Å². The first-order valence-electron chi connectivity index (χ1n) is 13.6. The normalized spacial score (nSPS) is 24.2. The Morgan fingerprint density at radius 1 is 0.975 bits per heavy atom. The van der Waals surface area contributed by atoms with Gasteiger partial charge >= 0.3 is 0 Å². The van der Waals surface area contributed by atoms with Crippen molar-refractivity contribution in [3.63, 3.8) is 0 Å². The summed E-state index contributed by atoms with van der Waals surface area (Å²) in [6.07, 6.45) is 3.33. The van der Waals surface area contributed by atoms with E-state index in [4.69, 9.17) is 0 Å². The van der Waals surface area contributed by atoms with Gasteiger partial charge in [-0.25, -0.2) is 13.2 Å². The number of nitrogens with one attached hydrogen (secondary N) is 1. The second-order valence-corrected chi connectivity index (χ2v) is 11.2. The molecule has 2 unspecified atom stereocenters. The van der Waals surface area contributed by atoms with Gasteiger partial charge < -0.3 is 9.88 Å². The number of hydrogen-bond donors (Lipinski definition) is 1. The van der Waals surface area contributed by atoms with Crippen LogP contribution in [0.2, 0.25) is 0 Å². The highest BCUT2D eigenvalue weighted by molar-refractivity contribution is 5.94. The van der Waals surface area contributed by atoms with Gasteiger partial charge in [0.1, 0.15) is 11.4 Å². The van der Waals surface area contributed by atoms with E-state index in [1.165, 1.54) is 23.1 Å². The monoisotopic (exact) mass is 543 g/mol. The predicted molar refractivity (Wildman–Crippen MR) is 151 cm³/mol. The molecule has 6 rings (SSSR count). The highest BCUT2D eigenvalue weighted by Gasteiger charge is 2.68. The molecule has 206 valence electrons. The van der Waals surface area contributed by atoms with Crippen molar-refractivity contribution in [1.29, 1.82) is 0 Å². The smallest absolute Gasteiger partial charge is 0.278 e. The minimum Gasteiger partial charge on any atom is -0.356 e. The summed E-state index contributed by atoms with van der Waals surface area (Å²) in [5.74, 6) is -4.24. The molecular formula is C33H32F3N3O. The van der Waals surface area contributed by atoms with Crippen LogP contribution >= 0.6 is 0 Å². The largest absolute Gasteiger partial charge is 0.356 e. The number of amides is 1. The van der Waals surface area contributed by atoms with Crippen LogP contribution in [0.5, 0.6) is 0 Å². The fraction of sp³-hybridized carbons (Fsp3) is 0.303. The summed E-state index contributed by atoms with van der Waals surface area (Å²) < 4.78 is 48.8.